The number of pyridine rings is 1. The number of benzene rings is 1. The Morgan fingerprint density at radius 3 is 2.67 bits per heavy atom. The Morgan fingerprint density at radius 2 is 2.00 bits per heavy atom. The van der Waals surface area contributed by atoms with Gasteiger partial charge in [-0.15, -0.1) is 0 Å². The van der Waals surface area contributed by atoms with E-state index in [-0.39, 0.29) is 18.1 Å². The number of hydrogen-bond donors (Lipinski definition) is 1. The summed E-state index contributed by atoms with van der Waals surface area (Å²) in [5.74, 6) is 0.369. The van der Waals surface area contributed by atoms with Crippen LogP contribution in [0.5, 0.6) is 17.2 Å². The molecule has 1 aromatic carbocycles. The number of aromatic carboxylic acids is 1. The average molecular weight is 289 g/mol. The van der Waals surface area contributed by atoms with Crippen molar-refractivity contribution >= 4 is 5.97 Å². The van der Waals surface area contributed by atoms with Gasteiger partial charge in [0.25, 0.3) is 0 Å². The van der Waals surface area contributed by atoms with E-state index < -0.39 is 5.97 Å². The van der Waals surface area contributed by atoms with Crippen molar-refractivity contribution in [2.45, 2.75) is 6.61 Å². The van der Waals surface area contributed by atoms with Gasteiger partial charge in [-0.25, -0.2) is 9.78 Å². The maximum atomic E-state index is 11.1. The minimum Gasteiger partial charge on any atom is -0.497 e. The van der Waals surface area contributed by atoms with Crippen LogP contribution in [-0.4, -0.2) is 30.3 Å². The van der Waals surface area contributed by atoms with Crippen LogP contribution in [0.25, 0.3) is 0 Å². The van der Waals surface area contributed by atoms with Gasteiger partial charge in [0.2, 0.25) is 0 Å². The first-order valence-corrected chi connectivity index (χ1v) is 6.17. The van der Waals surface area contributed by atoms with Crippen molar-refractivity contribution in [3.63, 3.8) is 0 Å². The molecule has 0 spiro atoms. The van der Waals surface area contributed by atoms with Gasteiger partial charge in [0, 0.05) is 11.8 Å². The van der Waals surface area contributed by atoms with E-state index in [9.17, 15) is 4.79 Å². The number of hydrogen-bond acceptors (Lipinski definition) is 5. The Morgan fingerprint density at radius 1 is 1.19 bits per heavy atom. The molecule has 1 aromatic heterocycles. The first-order chi connectivity index (χ1) is 10.2. The number of ether oxygens (including phenoxy) is 3. The molecule has 0 aliphatic heterocycles. The fraction of sp³-hybridized carbons (Fsp3) is 0.200. The molecule has 0 fully saturated rings. The maximum Gasteiger partial charge on any atom is 0.358 e. The SMILES string of the molecule is COc1ccc(OC)c(COc2cccnc2C(=O)O)c1. The van der Waals surface area contributed by atoms with Crippen LogP contribution >= 0.6 is 0 Å². The number of methoxy groups -OCH3 is 2. The molecule has 0 amide bonds. The molecule has 110 valence electrons. The van der Waals surface area contributed by atoms with Gasteiger partial charge in [0.05, 0.1) is 14.2 Å². The van der Waals surface area contributed by atoms with Crippen LogP contribution in [0.15, 0.2) is 36.5 Å². The van der Waals surface area contributed by atoms with Crippen LogP contribution in [-0.2, 0) is 6.61 Å². The standard InChI is InChI=1S/C15H15NO5/c1-19-11-5-6-12(20-2)10(8-11)9-21-13-4-3-7-16-14(13)15(17)18/h3-8H,9H2,1-2H3,(H,17,18). The van der Waals surface area contributed by atoms with E-state index in [1.54, 1.807) is 44.6 Å². The van der Waals surface area contributed by atoms with Gasteiger partial charge < -0.3 is 19.3 Å². The molecule has 1 heterocycles. The van der Waals surface area contributed by atoms with Crippen molar-refractivity contribution in [1.29, 1.82) is 0 Å². The van der Waals surface area contributed by atoms with Crippen molar-refractivity contribution < 1.29 is 24.1 Å². The van der Waals surface area contributed by atoms with Gasteiger partial charge in [-0.3, -0.25) is 0 Å². The third-order valence-corrected chi connectivity index (χ3v) is 2.84. The molecule has 0 aliphatic carbocycles. The first kappa shape index (κ1) is 14.6. The molecular formula is C15H15NO5. The lowest BCUT2D eigenvalue weighted by atomic mass is 10.2. The third-order valence-electron chi connectivity index (χ3n) is 2.84. The average Bonchev–Trinajstić information content (AvgIpc) is 2.52. The van der Waals surface area contributed by atoms with Gasteiger partial charge in [0.1, 0.15) is 18.1 Å². The number of carboxylic acid groups (broad SMARTS) is 1. The number of aromatic nitrogens is 1. The quantitative estimate of drug-likeness (QED) is 0.879. The lowest BCUT2D eigenvalue weighted by Gasteiger charge is -2.12. The molecular weight excluding hydrogens is 274 g/mol. The van der Waals surface area contributed by atoms with Gasteiger partial charge in [-0.05, 0) is 30.3 Å². The summed E-state index contributed by atoms with van der Waals surface area (Å²) in [5, 5.41) is 9.06. The minimum atomic E-state index is -1.14. The lowest BCUT2D eigenvalue weighted by Crippen LogP contribution is -2.06. The Hall–Kier alpha value is -2.76. The fourth-order valence-corrected chi connectivity index (χ4v) is 1.82. The van der Waals surface area contributed by atoms with Crippen LogP contribution in [0.3, 0.4) is 0 Å². The molecule has 0 saturated heterocycles. The summed E-state index contributed by atoms with van der Waals surface area (Å²) in [5.41, 5.74) is 0.622. The van der Waals surface area contributed by atoms with Gasteiger partial charge in [-0.1, -0.05) is 0 Å². The van der Waals surface area contributed by atoms with Crippen LogP contribution in [0.4, 0.5) is 0 Å². The van der Waals surface area contributed by atoms with Crippen molar-refractivity contribution in [2.75, 3.05) is 14.2 Å². The second-order valence-electron chi connectivity index (χ2n) is 4.12. The minimum absolute atomic E-state index is 0.126. The zero-order valence-corrected chi connectivity index (χ0v) is 11.7. The molecule has 0 bridgehead atoms. The van der Waals surface area contributed by atoms with Crippen molar-refractivity contribution in [3.05, 3.63) is 47.8 Å². The largest absolute Gasteiger partial charge is 0.497 e. The highest BCUT2D eigenvalue weighted by Crippen LogP contribution is 2.26. The molecule has 0 radical (unpaired) electrons. The van der Waals surface area contributed by atoms with E-state index in [0.717, 1.165) is 5.56 Å². The molecule has 6 nitrogen and oxygen atoms in total. The van der Waals surface area contributed by atoms with E-state index in [1.807, 2.05) is 0 Å². The van der Waals surface area contributed by atoms with Crippen LogP contribution in [0.2, 0.25) is 0 Å². The Balaban J connectivity index is 2.22. The first-order valence-electron chi connectivity index (χ1n) is 6.17. The predicted molar refractivity (Wildman–Crippen MR) is 75.1 cm³/mol. The molecule has 2 aromatic rings. The fourth-order valence-electron chi connectivity index (χ4n) is 1.82. The van der Waals surface area contributed by atoms with Crippen LogP contribution in [0.1, 0.15) is 16.1 Å². The summed E-state index contributed by atoms with van der Waals surface area (Å²) in [6, 6.07) is 8.48. The molecule has 0 saturated carbocycles. The predicted octanol–water partition coefficient (Wildman–Crippen LogP) is 2.38. The van der Waals surface area contributed by atoms with E-state index in [0.29, 0.717) is 11.5 Å². The highest BCUT2D eigenvalue weighted by atomic mass is 16.5. The molecule has 0 atom stereocenters. The molecule has 1 N–H and O–H groups in total. The molecule has 0 aliphatic rings. The Kier molecular flexibility index (Phi) is 4.61. The number of rotatable bonds is 6. The smallest absolute Gasteiger partial charge is 0.358 e. The third kappa shape index (κ3) is 3.42. The number of carbonyl (C=O) groups is 1. The summed E-state index contributed by atoms with van der Waals surface area (Å²) in [4.78, 5) is 14.9. The van der Waals surface area contributed by atoms with E-state index in [1.165, 1.54) is 6.20 Å². The Labute approximate surface area is 121 Å². The second kappa shape index (κ2) is 6.60. The normalized spacial score (nSPS) is 10.0. The topological polar surface area (TPSA) is 77.9 Å². The van der Waals surface area contributed by atoms with E-state index >= 15 is 0 Å². The summed E-state index contributed by atoms with van der Waals surface area (Å²) in [6.45, 7) is 0.145. The van der Waals surface area contributed by atoms with Crippen LogP contribution < -0.4 is 14.2 Å². The molecule has 21 heavy (non-hydrogen) atoms. The van der Waals surface area contributed by atoms with Crippen molar-refractivity contribution in [1.82, 2.24) is 4.98 Å². The summed E-state index contributed by atoms with van der Waals surface area (Å²) < 4.78 is 15.9. The zero-order chi connectivity index (χ0) is 15.2. The summed E-state index contributed by atoms with van der Waals surface area (Å²) >= 11 is 0. The van der Waals surface area contributed by atoms with Crippen molar-refractivity contribution in [3.8, 4) is 17.2 Å². The highest BCUT2D eigenvalue weighted by molar-refractivity contribution is 5.88. The second-order valence-corrected chi connectivity index (χ2v) is 4.12. The van der Waals surface area contributed by atoms with E-state index in [2.05, 4.69) is 4.98 Å². The van der Waals surface area contributed by atoms with Crippen molar-refractivity contribution in [2.24, 2.45) is 0 Å². The van der Waals surface area contributed by atoms with Gasteiger partial charge in [0.15, 0.2) is 11.4 Å². The van der Waals surface area contributed by atoms with Gasteiger partial charge >= 0.3 is 5.97 Å². The zero-order valence-electron chi connectivity index (χ0n) is 11.7. The van der Waals surface area contributed by atoms with Crippen LogP contribution in [0, 0.1) is 0 Å². The summed E-state index contributed by atoms with van der Waals surface area (Å²) in [6.07, 6.45) is 1.41. The number of nitrogens with zero attached hydrogens (tertiary/aromatic N) is 1. The highest BCUT2D eigenvalue weighted by Gasteiger charge is 2.13. The monoisotopic (exact) mass is 289 g/mol. The molecule has 6 heteroatoms. The number of carboxylic acids is 1. The summed E-state index contributed by atoms with van der Waals surface area (Å²) in [7, 11) is 3.12. The maximum absolute atomic E-state index is 11.1. The van der Waals surface area contributed by atoms with E-state index in [4.69, 9.17) is 19.3 Å². The molecule has 2 rings (SSSR count). The molecule has 0 unspecified atom stereocenters. The lowest BCUT2D eigenvalue weighted by molar-refractivity contribution is 0.0685. The van der Waals surface area contributed by atoms with Gasteiger partial charge in [-0.2, -0.15) is 0 Å². The Bertz CT molecular complexity index is 642.